The summed E-state index contributed by atoms with van der Waals surface area (Å²) < 4.78 is 4.74. The fourth-order valence-electron chi connectivity index (χ4n) is 1.11. The number of allylic oxidation sites excluding steroid dienone is 12. The van der Waals surface area contributed by atoms with E-state index in [0.29, 0.717) is 6.61 Å². The molecule has 0 heterocycles. The van der Waals surface area contributed by atoms with Crippen LogP contribution in [0.1, 0.15) is 6.92 Å². The highest BCUT2D eigenvalue weighted by Crippen LogP contribution is 1.86. The fourth-order valence-corrected chi connectivity index (χ4v) is 1.11. The highest BCUT2D eigenvalue weighted by molar-refractivity contribution is 5.82. The molecule has 112 valence electrons. The van der Waals surface area contributed by atoms with Gasteiger partial charge in [0.2, 0.25) is 0 Å². The zero-order valence-electron chi connectivity index (χ0n) is 12.3. The van der Waals surface area contributed by atoms with Gasteiger partial charge in [0.1, 0.15) is 0 Å². The van der Waals surface area contributed by atoms with E-state index in [9.17, 15) is 4.79 Å². The molecule has 0 rings (SSSR count). The molecular formula is C18H22O3. The van der Waals surface area contributed by atoms with Crippen molar-refractivity contribution in [2.75, 3.05) is 13.2 Å². The van der Waals surface area contributed by atoms with Crippen molar-refractivity contribution in [2.24, 2.45) is 0 Å². The second kappa shape index (κ2) is 15.7. The minimum Gasteiger partial charge on any atom is -0.463 e. The molecule has 0 aliphatic rings. The van der Waals surface area contributed by atoms with Gasteiger partial charge in [-0.1, -0.05) is 79.0 Å². The Labute approximate surface area is 126 Å². The van der Waals surface area contributed by atoms with E-state index in [-0.39, 0.29) is 12.6 Å². The Hall–Kier alpha value is -2.39. The number of hydrogen-bond acceptors (Lipinski definition) is 3. The van der Waals surface area contributed by atoms with Crippen molar-refractivity contribution < 1.29 is 14.6 Å². The molecule has 0 fully saturated rings. The van der Waals surface area contributed by atoms with Gasteiger partial charge in [0.15, 0.2) is 0 Å². The highest BCUT2D eigenvalue weighted by Gasteiger charge is 1.89. The van der Waals surface area contributed by atoms with E-state index in [2.05, 4.69) is 0 Å². The van der Waals surface area contributed by atoms with E-state index in [1.165, 1.54) is 6.08 Å². The maximum atomic E-state index is 11.0. The zero-order valence-corrected chi connectivity index (χ0v) is 12.3. The van der Waals surface area contributed by atoms with Gasteiger partial charge < -0.3 is 9.84 Å². The Kier molecular flexibility index (Phi) is 13.9. The Morgan fingerprint density at radius 1 is 0.810 bits per heavy atom. The predicted molar refractivity (Wildman–Crippen MR) is 87.7 cm³/mol. The molecule has 0 amide bonds. The smallest absolute Gasteiger partial charge is 0.330 e. The monoisotopic (exact) mass is 286 g/mol. The third-order valence-corrected chi connectivity index (χ3v) is 1.98. The van der Waals surface area contributed by atoms with Crippen molar-refractivity contribution in [3.63, 3.8) is 0 Å². The minimum atomic E-state index is -0.335. The number of rotatable bonds is 9. The van der Waals surface area contributed by atoms with Crippen LogP contribution in [0.2, 0.25) is 0 Å². The number of esters is 1. The fraction of sp³-hybridized carbons (Fsp3) is 0.167. The lowest BCUT2D eigenvalue weighted by molar-refractivity contribution is -0.137. The van der Waals surface area contributed by atoms with Crippen LogP contribution in [0.3, 0.4) is 0 Å². The van der Waals surface area contributed by atoms with Crippen molar-refractivity contribution in [2.45, 2.75) is 6.92 Å². The predicted octanol–water partition coefficient (Wildman–Crippen LogP) is 3.44. The molecule has 0 bridgehead atoms. The summed E-state index contributed by atoms with van der Waals surface area (Å²) in [6.45, 7) is 2.21. The molecule has 0 aromatic carbocycles. The quantitative estimate of drug-likeness (QED) is 0.401. The Balaban J connectivity index is 3.87. The van der Waals surface area contributed by atoms with Crippen LogP contribution in [-0.4, -0.2) is 24.3 Å². The normalized spacial score (nSPS) is 13.4. The first kappa shape index (κ1) is 18.6. The van der Waals surface area contributed by atoms with E-state index < -0.39 is 0 Å². The van der Waals surface area contributed by atoms with Gasteiger partial charge in [-0.3, -0.25) is 0 Å². The van der Waals surface area contributed by atoms with Gasteiger partial charge in [0, 0.05) is 6.08 Å². The van der Waals surface area contributed by atoms with Gasteiger partial charge in [-0.25, -0.2) is 4.79 Å². The molecule has 21 heavy (non-hydrogen) atoms. The first-order valence-electron chi connectivity index (χ1n) is 6.75. The van der Waals surface area contributed by atoms with Crippen LogP contribution in [0.25, 0.3) is 0 Å². The van der Waals surface area contributed by atoms with Gasteiger partial charge in [0.05, 0.1) is 13.2 Å². The summed E-state index contributed by atoms with van der Waals surface area (Å²) in [5.41, 5.74) is 0. The molecule has 0 aliphatic heterocycles. The number of hydrogen-bond donors (Lipinski definition) is 1. The molecule has 0 radical (unpaired) electrons. The summed E-state index contributed by atoms with van der Waals surface area (Å²) in [5, 5.41) is 8.50. The van der Waals surface area contributed by atoms with E-state index in [1.807, 2.05) is 54.7 Å². The molecule has 0 aromatic heterocycles. The van der Waals surface area contributed by atoms with Crippen molar-refractivity contribution in [3.05, 3.63) is 85.1 Å². The molecule has 0 atom stereocenters. The van der Waals surface area contributed by atoms with E-state index in [1.54, 1.807) is 31.2 Å². The number of ether oxygens (including phenoxy) is 1. The summed E-state index contributed by atoms with van der Waals surface area (Å²) in [5.74, 6) is -0.335. The second-order valence-electron chi connectivity index (χ2n) is 3.65. The van der Waals surface area contributed by atoms with Crippen LogP contribution in [0.5, 0.6) is 0 Å². The second-order valence-corrected chi connectivity index (χ2v) is 3.65. The number of carbonyl (C=O) groups is 1. The van der Waals surface area contributed by atoms with Crippen LogP contribution >= 0.6 is 0 Å². The summed E-state index contributed by atoms with van der Waals surface area (Å²) in [6.07, 6.45) is 25.1. The molecular weight excluding hydrogens is 264 g/mol. The van der Waals surface area contributed by atoms with Crippen molar-refractivity contribution in [1.29, 1.82) is 0 Å². The van der Waals surface area contributed by atoms with Crippen LogP contribution in [0, 0.1) is 0 Å². The average Bonchev–Trinajstić information content (AvgIpc) is 2.48. The van der Waals surface area contributed by atoms with Gasteiger partial charge in [-0.05, 0) is 6.92 Å². The van der Waals surface area contributed by atoms with Crippen LogP contribution in [-0.2, 0) is 9.53 Å². The molecule has 0 aromatic rings. The molecule has 0 aliphatic carbocycles. The maximum Gasteiger partial charge on any atom is 0.330 e. The third-order valence-electron chi connectivity index (χ3n) is 1.98. The molecule has 3 heteroatoms. The Bertz CT molecular complexity index is 461. The molecule has 1 N–H and O–H groups in total. The van der Waals surface area contributed by atoms with Gasteiger partial charge in [0.25, 0.3) is 0 Å². The van der Waals surface area contributed by atoms with E-state index >= 15 is 0 Å². The Morgan fingerprint density at radius 3 is 1.67 bits per heavy atom. The van der Waals surface area contributed by atoms with Crippen LogP contribution in [0.4, 0.5) is 0 Å². The summed E-state index contributed by atoms with van der Waals surface area (Å²) in [7, 11) is 0. The first-order chi connectivity index (χ1) is 10.3. The average molecular weight is 286 g/mol. The topological polar surface area (TPSA) is 46.5 Å². The van der Waals surface area contributed by atoms with E-state index in [0.717, 1.165) is 0 Å². The van der Waals surface area contributed by atoms with Gasteiger partial charge in [-0.2, -0.15) is 0 Å². The van der Waals surface area contributed by atoms with Crippen molar-refractivity contribution in [3.8, 4) is 0 Å². The Morgan fingerprint density at radius 2 is 1.24 bits per heavy atom. The van der Waals surface area contributed by atoms with Crippen LogP contribution in [0.15, 0.2) is 85.1 Å². The van der Waals surface area contributed by atoms with Gasteiger partial charge >= 0.3 is 5.97 Å². The lowest BCUT2D eigenvalue weighted by atomic mass is 10.3. The van der Waals surface area contributed by atoms with Crippen LogP contribution < -0.4 is 0 Å². The van der Waals surface area contributed by atoms with Gasteiger partial charge in [-0.15, -0.1) is 0 Å². The SMILES string of the molecule is CCOC(=O)/C=C/C=CC=CC=CC=C/C=C\C=C\CO. The van der Waals surface area contributed by atoms with Crippen molar-refractivity contribution >= 4 is 5.97 Å². The lowest BCUT2D eigenvalue weighted by Gasteiger charge is -1.92. The highest BCUT2D eigenvalue weighted by atomic mass is 16.5. The third kappa shape index (κ3) is 15.6. The largest absolute Gasteiger partial charge is 0.463 e. The summed E-state index contributed by atoms with van der Waals surface area (Å²) >= 11 is 0. The number of carbonyl (C=O) groups excluding carboxylic acids is 1. The molecule has 0 saturated heterocycles. The molecule has 3 nitrogen and oxygen atoms in total. The maximum absolute atomic E-state index is 11.0. The number of aliphatic hydroxyl groups is 1. The number of aliphatic hydroxyl groups excluding tert-OH is 1. The molecule has 0 spiro atoms. The zero-order chi connectivity index (χ0) is 15.6. The molecule has 0 saturated carbocycles. The standard InChI is InChI=1S/C18H22O3/c1-2-21-18(20)16-14-12-10-8-6-4-3-5-7-9-11-13-15-17-19/h3-16,19H,2,17H2,1H3/b4-3?,7-5?,8-6?,11-9-,12-10?,15-13+,16-14+. The summed E-state index contributed by atoms with van der Waals surface area (Å²) in [6, 6.07) is 0. The first-order valence-corrected chi connectivity index (χ1v) is 6.75. The van der Waals surface area contributed by atoms with E-state index in [4.69, 9.17) is 9.84 Å². The minimum absolute atomic E-state index is 0.0568. The van der Waals surface area contributed by atoms with Crippen molar-refractivity contribution in [1.82, 2.24) is 0 Å². The lowest BCUT2D eigenvalue weighted by Crippen LogP contribution is -1.98. The molecule has 0 unspecified atom stereocenters. The summed E-state index contributed by atoms with van der Waals surface area (Å²) in [4.78, 5) is 11.0.